The predicted molar refractivity (Wildman–Crippen MR) is 87.2 cm³/mol. The third-order valence-corrected chi connectivity index (χ3v) is 6.37. The Kier molecular flexibility index (Phi) is 4.91. The zero-order valence-corrected chi connectivity index (χ0v) is 14.0. The molecular formula is C15H21NO2S2. The Labute approximate surface area is 129 Å². The SMILES string of the molecule is CSC1(SC)C(Oc2ccccc2)C(=O)N1CC(C)C. The van der Waals surface area contributed by atoms with Crippen molar-refractivity contribution < 1.29 is 9.53 Å². The summed E-state index contributed by atoms with van der Waals surface area (Å²) in [7, 11) is 0. The van der Waals surface area contributed by atoms with Gasteiger partial charge < -0.3 is 9.64 Å². The summed E-state index contributed by atoms with van der Waals surface area (Å²) in [6, 6.07) is 9.57. The summed E-state index contributed by atoms with van der Waals surface area (Å²) in [4.78, 5) is 14.4. The second kappa shape index (κ2) is 6.31. The summed E-state index contributed by atoms with van der Waals surface area (Å²) in [6.45, 7) is 5.03. The minimum absolute atomic E-state index is 0.0891. The molecule has 3 nitrogen and oxygen atoms in total. The van der Waals surface area contributed by atoms with Gasteiger partial charge in [-0.25, -0.2) is 0 Å². The highest BCUT2D eigenvalue weighted by molar-refractivity contribution is 8.17. The number of likely N-dealkylation sites (tertiary alicyclic amines) is 1. The highest BCUT2D eigenvalue weighted by Gasteiger charge is 2.61. The maximum Gasteiger partial charge on any atom is 0.269 e. The summed E-state index contributed by atoms with van der Waals surface area (Å²) < 4.78 is 5.63. The molecule has 0 bridgehead atoms. The molecule has 1 heterocycles. The monoisotopic (exact) mass is 311 g/mol. The minimum Gasteiger partial charge on any atom is -0.476 e. The maximum atomic E-state index is 12.4. The molecule has 0 aromatic heterocycles. The average molecular weight is 311 g/mol. The molecule has 1 unspecified atom stereocenters. The Bertz CT molecular complexity index is 460. The average Bonchev–Trinajstić information content (AvgIpc) is 2.46. The number of thioether (sulfide) groups is 2. The van der Waals surface area contributed by atoms with E-state index in [1.54, 1.807) is 23.5 Å². The van der Waals surface area contributed by atoms with E-state index in [4.69, 9.17) is 4.74 Å². The van der Waals surface area contributed by atoms with Crippen molar-refractivity contribution in [1.29, 1.82) is 0 Å². The molecule has 1 amide bonds. The molecular weight excluding hydrogens is 290 g/mol. The van der Waals surface area contributed by atoms with Gasteiger partial charge in [-0.3, -0.25) is 4.79 Å². The van der Waals surface area contributed by atoms with E-state index < -0.39 is 6.10 Å². The van der Waals surface area contributed by atoms with Crippen LogP contribution in [0.2, 0.25) is 0 Å². The number of carbonyl (C=O) groups is 1. The number of amides is 1. The molecule has 110 valence electrons. The van der Waals surface area contributed by atoms with Crippen LogP contribution in [0.1, 0.15) is 13.8 Å². The van der Waals surface area contributed by atoms with Gasteiger partial charge in [0, 0.05) is 6.54 Å². The molecule has 1 aliphatic heterocycles. The Balaban J connectivity index is 2.18. The lowest BCUT2D eigenvalue weighted by atomic mass is 10.1. The van der Waals surface area contributed by atoms with Crippen LogP contribution in [0.4, 0.5) is 0 Å². The van der Waals surface area contributed by atoms with Crippen LogP contribution in [0.3, 0.4) is 0 Å². The van der Waals surface area contributed by atoms with Gasteiger partial charge in [-0.05, 0) is 30.6 Å². The van der Waals surface area contributed by atoms with Crippen LogP contribution >= 0.6 is 23.5 Å². The van der Waals surface area contributed by atoms with E-state index in [0.717, 1.165) is 12.3 Å². The van der Waals surface area contributed by atoms with Gasteiger partial charge in [-0.2, -0.15) is 0 Å². The Morgan fingerprint density at radius 3 is 2.35 bits per heavy atom. The largest absolute Gasteiger partial charge is 0.476 e. The fourth-order valence-corrected chi connectivity index (χ4v) is 4.55. The van der Waals surface area contributed by atoms with Crippen molar-refractivity contribution in [2.24, 2.45) is 5.92 Å². The molecule has 0 radical (unpaired) electrons. The van der Waals surface area contributed by atoms with E-state index in [1.165, 1.54) is 0 Å². The molecule has 1 fully saturated rings. The van der Waals surface area contributed by atoms with Crippen molar-refractivity contribution >= 4 is 29.4 Å². The lowest BCUT2D eigenvalue weighted by Crippen LogP contribution is -2.73. The van der Waals surface area contributed by atoms with Crippen molar-refractivity contribution in [3.05, 3.63) is 30.3 Å². The molecule has 1 saturated heterocycles. The number of hydrogen-bond acceptors (Lipinski definition) is 4. The number of carbonyl (C=O) groups excluding carboxylic acids is 1. The summed E-state index contributed by atoms with van der Waals surface area (Å²) in [5.41, 5.74) is 0. The van der Waals surface area contributed by atoms with E-state index >= 15 is 0 Å². The van der Waals surface area contributed by atoms with Crippen LogP contribution in [0.15, 0.2) is 30.3 Å². The number of ether oxygens (including phenoxy) is 1. The number of nitrogens with zero attached hydrogens (tertiary/aromatic N) is 1. The molecule has 0 spiro atoms. The topological polar surface area (TPSA) is 29.5 Å². The first-order valence-corrected chi connectivity index (χ1v) is 9.13. The lowest BCUT2D eigenvalue weighted by molar-refractivity contribution is -0.159. The minimum atomic E-state index is -0.409. The van der Waals surface area contributed by atoms with Crippen LogP contribution in [0, 0.1) is 5.92 Å². The van der Waals surface area contributed by atoms with E-state index in [-0.39, 0.29) is 10.1 Å². The van der Waals surface area contributed by atoms with Gasteiger partial charge in [0.25, 0.3) is 5.91 Å². The van der Waals surface area contributed by atoms with Gasteiger partial charge in [-0.15, -0.1) is 23.5 Å². The van der Waals surface area contributed by atoms with E-state index in [1.807, 2.05) is 47.7 Å². The van der Waals surface area contributed by atoms with Gasteiger partial charge in [0.05, 0.1) is 0 Å². The van der Waals surface area contributed by atoms with Gasteiger partial charge in [0.2, 0.25) is 6.10 Å². The smallest absolute Gasteiger partial charge is 0.269 e. The fraction of sp³-hybridized carbons (Fsp3) is 0.533. The predicted octanol–water partition coefficient (Wildman–Crippen LogP) is 3.31. The van der Waals surface area contributed by atoms with E-state index in [2.05, 4.69) is 13.8 Å². The molecule has 1 atom stereocenters. The third kappa shape index (κ3) is 2.66. The van der Waals surface area contributed by atoms with Crippen molar-refractivity contribution in [2.45, 2.75) is 24.2 Å². The maximum absolute atomic E-state index is 12.4. The van der Waals surface area contributed by atoms with Crippen LogP contribution in [0.25, 0.3) is 0 Å². The quantitative estimate of drug-likeness (QED) is 0.595. The van der Waals surface area contributed by atoms with Crippen LogP contribution in [0.5, 0.6) is 5.75 Å². The van der Waals surface area contributed by atoms with Crippen molar-refractivity contribution in [3.63, 3.8) is 0 Å². The molecule has 1 aliphatic rings. The fourth-order valence-electron chi connectivity index (χ4n) is 2.39. The highest BCUT2D eigenvalue weighted by atomic mass is 32.2. The molecule has 20 heavy (non-hydrogen) atoms. The third-order valence-electron chi connectivity index (χ3n) is 3.33. The van der Waals surface area contributed by atoms with Crippen LogP contribution < -0.4 is 4.74 Å². The molecule has 5 heteroatoms. The number of para-hydroxylation sites is 1. The van der Waals surface area contributed by atoms with E-state index in [0.29, 0.717) is 5.92 Å². The number of rotatable bonds is 6. The van der Waals surface area contributed by atoms with Crippen LogP contribution in [-0.4, -0.2) is 40.2 Å². The molecule has 0 aliphatic carbocycles. The Morgan fingerprint density at radius 1 is 1.25 bits per heavy atom. The summed E-state index contributed by atoms with van der Waals surface area (Å²) in [6.07, 6.45) is 3.67. The van der Waals surface area contributed by atoms with Crippen LogP contribution in [-0.2, 0) is 4.79 Å². The first kappa shape index (κ1) is 15.6. The molecule has 2 rings (SSSR count). The Hall–Kier alpha value is -0.810. The zero-order chi connectivity index (χ0) is 14.8. The second-order valence-corrected chi connectivity index (χ2v) is 7.51. The standard InChI is InChI=1S/C15H21NO2S2/c1-11(2)10-16-14(17)13(15(16,19-3)20-4)18-12-8-6-5-7-9-12/h5-9,11,13H,10H2,1-4H3. The normalized spacial score (nSPS) is 20.9. The first-order chi connectivity index (χ1) is 9.55. The molecule has 0 saturated carbocycles. The zero-order valence-electron chi connectivity index (χ0n) is 12.3. The van der Waals surface area contributed by atoms with Gasteiger partial charge in [0.1, 0.15) is 5.75 Å². The van der Waals surface area contributed by atoms with Crippen molar-refractivity contribution in [2.75, 3.05) is 19.1 Å². The second-order valence-electron chi connectivity index (χ2n) is 5.19. The van der Waals surface area contributed by atoms with Crippen molar-refractivity contribution in [1.82, 2.24) is 4.90 Å². The number of β-lactam (4-membered cyclic amide) rings is 1. The van der Waals surface area contributed by atoms with E-state index in [9.17, 15) is 4.79 Å². The summed E-state index contributed by atoms with van der Waals surface area (Å²) in [5.74, 6) is 1.30. The lowest BCUT2D eigenvalue weighted by Gasteiger charge is -2.55. The van der Waals surface area contributed by atoms with Crippen molar-refractivity contribution in [3.8, 4) is 5.75 Å². The molecule has 1 aromatic rings. The Morgan fingerprint density at radius 2 is 1.85 bits per heavy atom. The molecule has 0 N–H and O–H groups in total. The summed E-state index contributed by atoms with van der Waals surface area (Å²) in [5, 5.41) is 0. The van der Waals surface area contributed by atoms with Gasteiger partial charge >= 0.3 is 0 Å². The first-order valence-electron chi connectivity index (χ1n) is 6.68. The molecule has 1 aromatic carbocycles. The van der Waals surface area contributed by atoms with Gasteiger partial charge in [-0.1, -0.05) is 32.0 Å². The van der Waals surface area contributed by atoms with Gasteiger partial charge in [0.15, 0.2) is 4.20 Å². The highest BCUT2D eigenvalue weighted by Crippen LogP contribution is 2.50. The summed E-state index contributed by atoms with van der Waals surface area (Å²) >= 11 is 3.37. The number of benzene rings is 1. The number of hydrogen-bond donors (Lipinski definition) is 0.